The minimum Gasteiger partial charge on any atom is -0.494 e. The van der Waals surface area contributed by atoms with Gasteiger partial charge in [-0.05, 0) is 30.7 Å². The number of hydrogen-bond acceptors (Lipinski definition) is 4. The van der Waals surface area contributed by atoms with Crippen molar-refractivity contribution in [2.45, 2.75) is 19.9 Å². The van der Waals surface area contributed by atoms with E-state index in [1.54, 1.807) is 6.07 Å². The molecule has 0 aliphatic heterocycles. The Balaban J connectivity index is 1.93. The first kappa shape index (κ1) is 15.0. The SMILES string of the molecule is CCCOc1cccc(NCc2ccc(C(=O)OC)[nH]2)c1. The number of benzene rings is 1. The second-order valence-corrected chi connectivity index (χ2v) is 4.62. The summed E-state index contributed by atoms with van der Waals surface area (Å²) in [7, 11) is 1.36. The number of aromatic amines is 1. The molecule has 0 aliphatic carbocycles. The van der Waals surface area contributed by atoms with Crippen LogP contribution in [0.3, 0.4) is 0 Å². The minimum absolute atomic E-state index is 0.365. The molecule has 0 atom stereocenters. The van der Waals surface area contributed by atoms with Gasteiger partial charge in [0.15, 0.2) is 0 Å². The van der Waals surface area contributed by atoms with E-state index < -0.39 is 0 Å². The van der Waals surface area contributed by atoms with Crippen molar-refractivity contribution in [2.75, 3.05) is 19.0 Å². The van der Waals surface area contributed by atoms with Gasteiger partial charge in [-0.25, -0.2) is 4.79 Å². The molecule has 2 rings (SSSR count). The van der Waals surface area contributed by atoms with E-state index >= 15 is 0 Å². The van der Waals surface area contributed by atoms with Gasteiger partial charge in [-0.3, -0.25) is 0 Å². The first-order valence-corrected chi connectivity index (χ1v) is 6.96. The van der Waals surface area contributed by atoms with Gasteiger partial charge in [-0.2, -0.15) is 0 Å². The van der Waals surface area contributed by atoms with Crippen LogP contribution in [0.15, 0.2) is 36.4 Å². The van der Waals surface area contributed by atoms with Crippen molar-refractivity contribution >= 4 is 11.7 Å². The van der Waals surface area contributed by atoms with E-state index in [1.165, 1.54) is 7.11 Å². The predicted molar refractivity (Wildman–Crippen MR) is 81.7 cm³/mol. The molecule has 0 aliphatic rings. The highest BCUT2D eigenvalue weighted by atomic mass is 16.5. The van der Waals surface area contributed by atoms with E-state index in [0.717, 1.165) is 23.6 Å². The van der Waals surface area contributed by atoms with Gasteiger partial charge in [-0.1, -0.05) is 13.0 Å². The average Bonchev–Trinajstić information content (AvgIpc) is 2.99. The Bertz CT molecular complexity index is 593. The van der Waals surface area contributed by atoms with Crippen molar-refractivity contribution in [1.29, 1.82) is 0 Å². The van der Waals surface area contributed by atoms with Gasteiger partial charge in [0, 0.05) is 17.4 Å². The molecule has 0 unspecified atom stereocenters. The maximum atomic E-state index is 11.4. The van der Waals surface area contributed by atoms with E-state index in [0.29, 0.717) is 18.8 Å². The lowest BCUT2D eigenvalue weighted by molar-refractivity contribution is 0.0594. The molecule has 0 spiro atoms. The van der Waals surface area contributed by atoms with Crippen LogP contribution >= 0.6 is 0 Å². The number of H-pyrrole nitrogens is 1. The molecule has 0 fully saturated rings. The maximum Gasteiger partial charge on any atom is 0.354 e. The summed E-state index contributed by atoms with van der Waals surface area (Å²) in [6.45, 7) is 3.38. The van der Waals surface area contributed by atoms with Crippen LogP contribution in [0.25, 0.3) is 0 Å². The Morgan fingerprint density at radius 1 is 1.29 bits per heavy atom. The molecule has 0 amide bonds. The van der Waals surface area contributed by atoms with Crippen LogP contribution in [-0.4, -0.2) is 24.7 Å². The molecule has 0 bridgehead atoms. The topological polar surface area (TPSA) is 63.4 Å². The number of carbonyl (C=O) groups excluding carboxylic acids is 1. The molecule has 2 N–H and O–H groups in total. The third kappa shape index (κ3) is 4.27. The summed E-state index contributed by atoms with van der Waals surface area (Å²) < 4.78 is 10.2. The molecule has 0 radical (unpaired) electrons. The zero-order valence-corrected chi connectivity index (χ0v) is 12.3. The maximum absolute atomic E-state index is 11.4. The largest absolute Gasteiger partial charge is 0.494 e. The summed E-state index contributed by atoms with van der Waals surface area (Å²) in [6, 6.07) is 11.4. The number of esters is 1. The number of ether oxygens (including phenoxy) is 2. The predicted octanol–water partition coefficient (Wildman–Crippen LogP) is 3.20. The van der Waals surface area contributed by atoms with E-state index in [-0.39, 0.29) is 5.97 Å². The lowest BCUT2D eigenvalue weighted by atomic mass is 10.3. The fraction of sp³-hybridized carbons (Fsp3) is 0.312. The Morgan fingerprint density at radius 2 is 2.14 bits per heavy atom. The summed E-state index contributed by atoms with van der Waals surface area (Å²) in [5.74, 6) is 0.486. The number of hydrogen-bond donors (Lipinski definition) is 2. The second kappa shape index (κ2) is 7.38. The van der Waals surface area contributed by atoms with Crippen molar-refractivity contribution in [3.63, 3.8) is 0 Å². The molecule has 1 aromatic carbocycles. The molecular weight excluding hydrogens is 268 g/mol. The Kier molecular flexibility index (Phi) is 5.26. The van der Waals surface area contributed by atoms with Crippen molar-refractivity contribution in [3.05, 3.63) is 47.8 Å². The van der Waals surface area contributed by atoms with Gasteiger partial charge >= 0.3 is 5.97 Å². The molecule has 5 nitrogen and oxygen atoms in total. The minimum atomic E-state index is -0.365. The van der Waals surface area contributed by atoms with Gasteiger partial charge in [-0.15, -0.1) is 0 Å². The number of methoxy groups -OCH3 is 1. The van der Waals surface area contributed by atoms with Gasteiger partial charge < -0.3 is 19.8 Å². The molecule has 1 heterocycles. The summed E-state index contributed by atoms with van der Waals surface area (Å²) in [5.41, 5.74) is 2.34. The molecule has 5 heteroatoms. The fourth-order valence-electron chi connectivity index (χ4n) is 1.89. The molecule has 21 heavy (non-hydrogen) atoms. The van der Waals surface area contributed by atoms with Crippen LogP contribution in [0.4, 0.5) is 5.69 Å². The average molecular weight is 288 g/mol. The zero-order chi connectivity index (χ0) is 15.1. The van der Waals surface area contributed by atoms with E-state index in [2.05, 4.69) is 22.0 Å². The third-order valence-corrected chi connectivity index (χ3v) is 2.94. The highest BCUT2D eigenvalue weighted by Crippen LogP contribution is 2.18. The fourth-order valence-corrected chi connectivity index (χ4v) is 1.89. The lowest BCUT2D eigenvalue weighted by Crippen LogP contribution is -2.04. The van der Waals surface area contributed by atoms with Crippen LogP contribution in [0.1, 0.15) is 29.5 Å². The van der Waals surface area contributed by atoms with Crippen molar-refractivity contribution in [2.24, 2.45) is 0 Å². The summed E-state index contributed by atoms with van der Waals surface area (Å²) in [4.78, 5) is 14.4. The summed E-state index contributed by atoms with van der Waals surface area (Å²) >= 11 is 0. The zero-order valence-electron chi connectivity index (χ0n) is 12.3. The van der Waals surface area contributed by atoms with Crippen molar-refractivity contribution in [3.8, 4) is 5.75 Å². The van der Waals surface area contributed by atoms with Gasteiger partial charge in [0.1, 0.15) is 11.4 Å². The van der Waals surface area contributed by atoms with Crippen molar-refractivity contribution < 1.29 is 14.3 Å². The molecule has 1 aromatic heterocycles. The molecule has 0 saturated heterocycles. The molecule has 2 aromatic rings. The van der Waals surface area contributed by atoms with Crippen LogP contribution in [0.5, 0.6) is 5.75 Å². The van der Waals surface area contributed by atoms with E-state index in [9.17, 15) is 4.79 Å². The lowest BCUT2D eigenvalue weighted by Gasteiger charge is -2.08. The first-order chi connectivity index (χ1) is 10.2. The standard InChI is InChI=1S/C16H20N2O3/c1-3-9-21-14-6-4-5-12(10-14)17-11-13-7-8-15(18-13)16(19)20-2/h4-8,10,17-18H,3,9,11H2,1-2H3. The third-order valence-electron chi connectivity index (χ3n) is 2.94. The van der Waals surface area contributed by atoms with Crippen molar-refractivity contribution in [1.82, 2.24) is 4.98 Å². The molecule has 112 valence electrons. The molecule has 0 saturated carbocycles. The van der Waals surface area contributed by atoms with Crippen LogP contribution < -0.4 is 10.1 Å². The highest BCUT2D eigenvalue weighted by molar-refractivity contribution is 5.87. The van der Waals surface area contributed by atoms with Gasteiger partial charge in [0.05, 0.1) is 20.3 Å². The number of nitrogens with one attached hydrogen (secondary N) is 2. The Hall–Kier alpha value is -2.43. The summed E-state index contributed by atoms with van der Waals surface area (Å²) in [6.07, 6.45) is 0.983. The van der Waals surface area contributed by atoms with E-state index in [1.807, 2.05) is 30.3 Å². The summed E-state index contributed by atoms with van der Waals surface area (Å²) in [5, 5.41) is 3.28. The van der Waals surface area contributed by atoms with E-state index in [4.69, 9.17) is 4.74 Å². The normalized spacial score (nSPS) is 10.2. The number of anilines is 1. The number of aromatic nitrogens is 1. The number of rotatable bonds is 7. The van der Waals surface area contributed by atoms with Crippen LogP contribution in [0.2, 0.25) is 0 Å². The highest BCUT2D eigenvalue weighted by Gasteiger charge is 2.07. The smallest absolute Gasteiger partial charge is 0.354 e. The second-order valence-electron chi connectivity index (χ2n) is 4.62. The quantitative estimate of drug-likeness (QED) is 0.768. The monoisotopic (exact) mass is 288 g/mol. The first-order valence-electron chi connectivity index (χ1n) is 6.96. The van der Waals surface area contributed by atoms with Gasteiger partial charge in [0.25, 0.3) is 0 Å². The van der Waals surface area contributed by atoms with Crippen LogP contribution in [0, 0.1) is 0 Å². The Morgan fingerprint density at radius 3 is 2.90 bits per heavy atom. The van der Waals surface area contributed by atoms with Gasteiger partial charge in [0.2, 0.25) is 0 Å². The van der Waals surface area contributed by atoms with Crippen LogP contribution in [-0.2, 0) is 11.3 Å². The molecular formula is C16H20N2O3. The Labute approximate surface area is 124 Å². The number of carbonyl (C=O) groups is 1.